The van der Waals surface area contributed by atoms with Crippen molar-refractivity contribution in [3.8, 4) is 6.19 Å². The molecule has 2 rings (SSSR count). The summed E-state index contributed by atoms with van der Waals surface area (Å²) in [7, 11) is 0. The molecule has 2 heteroatoms. The van der Waals surface area contributed by atoms with Crippen LogP contribution in [0.4, 0.5) is 0 Å². The quantitative estimate of drug-likeness (QED) is 0.468. The molecule has 10 heavy (non-hydrogen) atoms. The highest BCUT2D eigenvalue weighted by Gasteiger charge is 2.44. The fourth-order valence-corrected chi connectivity index (χ4v) is 2.24. The van der Waals surface area contributed by atoms with Crippen LogP contribution < -0.4 is 0 Å². The molecule has 0 aromatic carbocycles. The van der Waals surface area contributed by atoms with Gasteiger partial charge in [-0.05, 0) is 31.6 Å². The van der Waals surface area contributed by atoms with Crippen LogP contribution in [0.15, 0.2) is 0 Å². The number of hydrogen-bond acceptors (Lipinski definition) is 2. The molecule has 0 amide bonds. The van der Waals surface area contributed by atoms with E-state index in [0.29, 0.717) is 6.04 Å². The maximum Gasteiger partial charge on any atom is 0.179 e. The van der Waals surface area contributed by atoms with Crippen LogP contribution in [0.1, 0.15) is 19.8 Å². The van der Waals surface area contributed by atoms with Gasteiger partial charge in [-0.3, -0.25) is 0 Å². The Balaban J connectivity index is 2.10. The van der Waals surface area contributed by atoms with Crippen molar-refractivity contribution in [2.75, 3.05) is 6.54 Å². The maximum atomic E-state index is 8.68. The van der Waals surface area contributed by atoms with E-state index in [1.807, 2.05) is 4.90 Å². The molecule has 0 aromatic rings. The van der Waals surface area contributed by atoms with E-state index in [4.69, 9.17) is 5.26 Å². The second-order valence-electron chi connectivity index (χ2n) is 3.49. The Morgan fingerprint density at radius 2 is 2.30 bits per heavy atom. The monoisotopic (exact) mass is 136 g/mol. The Labute approximate surface area is 61.4 Å². The first-order valence-electron chi connectivity index (χ1n) is 3.99. The Kier molecular flexibility index (Phi) is 1.14. The van der Waals surface area contributed by atoms with Crippen molar-refractivity contribution >= 4 is 0 Å². The van der Waals surface area contributed by atoms with Gasteiger partial charge in [0, 0.05) is 12.6 Å². The van der Waals surface area contributed by atoms with Gasteiger partial charge in [0.2, 0.25) is 0 Å². The lowest BCUT2D eigenvalue weighted by atomic mass is 9.73. The zero-order valence-corrected chi connectivity index (χ0v) is 6.25. The summed E-state index contributed by atoms with van der Waals surface area (Å²) < 4.78 is 0. The van der Waals surface area contributed by atoms with Crippen LogP contribution in [0.25, 0.3) is 0 Å². The number of rotatable bonds is 0. The standard InChI is InChI=1S/C8H12N2/c1-6-8-3-2-7(8)4-10(6)5-9/h6-8H,2-4H2,1H3/t6-,7+,8+/m1/s1. The van der Waals surface area contributed by atoms with Gasteiger partial charge in [0.15, 0.2) is 6.19 Å². The third-order valence-electron chi connectivity index (χ3n) is 3.15. The summed E-state index contributed by atoms with van der Waals surface area (Å²) in [5, 5.41) is 8.68. The van der Waals surface area contributed by atoms with Gasteiger partial charge in [0.25, 0.3) is 0 Å². The highest BCUT2D eigenvalue weighted by molar-refractivity contribution is 5.00. The molecule has 2 nitrogen and oxygen atoms in total. The van der Waals surface area contributed by atoms with Crippen molar-refractivity contribution in [3.63, 3.8) is 0 Å². The molecule has 54 valence electrons. The third-order valence-corrected chi connectivity index (χ3v) is 3.15. The number of nitrogens with zero attached hydrogens (tertiary/aromatic N) is 2. The van der Waals surface area contributed by atoms with Crippen LogP contribution in [0.5, 0.6) is 0 Å². The largest absolute Gasteiger partial charge is 0.307 e. The summed E-state index contributed by atoms with van der Waals surface area (Å²) in [4.78, 5) is 1.93. The van der Waals surface area contributed by atoms with E-state index in [2.05, 4.69) is 13.1 Å². The van der Waals surface area contributed by atoms with Gasteiger partial charge in [-0.25, -0.2) is 0 Å². The smallest absolute Gasteiger partial charge is 0.179 e. The molecule has 2 aliphatic rings. The van der Waals surface area contributed by atoms with E-state index >= 15 is 0 Å². The highest BCUT2D eigenvalue weighted by Crippen LogP contribution is 2.44. The second-order valence-corrected chi connectivity index (χ2v) is 3.49. The molecule has 1 saturated carbocycles. The first-order valence-corrected chi connectivity index (χ1v) is 3.99. The zero-order valence-electron chi connectivity index (χ0n) is 6.25. The lowest BCUT2D eigenvalue weighted by molar-refractivity contribution is 0.209. The van der Waals surface area contributed by atoms with Crippen molar-refractivity contribution in [2.45, 2.75) is 25.8 Å². The van der Waals surface area contributed by atoms with Crippen LogP contribution in [0, 0.1) is 23.3 Å². The molecule has 0 spiro atoms. The maximum absolute atomic E-state index is 8.68. The fourth-order valence-electron chi connectivity index (χ4n) is 2.24. The average molecular weight is 136 g/mol. The summed E-state index contributed by atoms with van der Waals surface area (Å²) in [6.45, 7) is 3.20. The summed E-state index contributed by atoms with van der Waals surface area (Å²) >= 11 is 0. The summed E-state index contributed by atoms with van der Waals surface area (Å²) in [5.41, 5.74) is 0. The number of fused-ring (bicyclic) bond motifs is 1. The first kappa shape index (κ1) is 6.03. The van der Waals surface area contributed by atoms with Crippen LogP contribution >= 0.6 is 0 Å². The molecule has 2 fully saturated rings. The minimum Gasteiger partial charge on any atom is -0.307 e. The second kappa shape index (κ2) is 1.88. The van der Waals surface area contributed by atoms with Crippen molar-refractivity contribution in [1.29, 1.82) is 5.26 Å². The van der Waals surface area contributed by atoms with Gasteiger partial charge in [0.1, 0.15) is 0 Å². The average Bonchev–Trinajstić information content (AvgIpc) is 2.05. The lowest BCUT2D eigenvalue weighted by Gasteiger charge is -2.30. The summed E-state index contributed by atoms with van der Waals surface area (Å²) in [6, 6.07) is 0.531. The molecule has 1 aliphatic heterocycles. The van der Waals surface area contributed by atoms with E-state index < -0.39 is 0 Å². The van der Waals surface area contributed by atoms with Crippen molar-refractivity contribution < 1.29 is 0 Å². The minimum atomic E-state index is 0.531. The Morgan fingerprint density at radius 1 is 1.50 bits per heavy atom. The van der Waals surface area contributed by atoms with Gasteiger partial charge < -0.3 is 4.90 Å². The van der Waals surface area contributed by atoms with Crippen LogP contribution in [-0.4, -0.2) is 17.5 Å². The zero-order chi connectivity index (χ0) is 7.14. The summed E-state index contributed by atoms with van der Waals surface area (Å²) in [5.74, 6) is 1.70. The number of likely N-dealkylation sites (tertiary alicyclic amines) is 1. The molecule has 0 bridgehead atoms. The van der Waals surface area contributed by atoms with Crippen molar-refractivity contribution in [1.82, 2.24) is 4.90 Å². The number of hydrogen-bond donors (Lipinski definition) is 0. The molecule has 0 N–H and O–H groups in total. The minimum absolute atomic E-state index is 0.531. The lowest BCUT2D eigenvalue weighted by Crippen LogP contribution is -2.29. The molecule has 1 heterocycles. The van der Waals surface area contributed by atoms with Crippen LogP contribution in [0.3, 0.4) is 0 Å². The third kappa shape index (κ3) is 0.581. The van der Waals surface area contributed by atoms with Gasteiger partial charge in [0.05, 0.1) is 0 Å². The van der Waals surface area contributed by atoms with Crippen molar-refractivity contribution in [2.24, 2.45) is 11.8 Å². The van der Waals surface area contributed by atoms with E-state index in [0.717, 1.165) is 18.4 Å². The Morgan fingerprint density at radius 3 is 2.60 bits per heavy atom. The first-order chi connectivity index (χ1) is 4.83. The van der Waals surface area contributed by atoms with E-state index in [9.17, 15) is 0 Å². The molecule has 1 aliphatic carbocycles. The number of nitriles is 1. The van der Waals surface area contributed by atoms with Crippen molar-refractivity contribution in [3.05, 3.63) is 0 Å². The summed E-state index contributed by atoms with van der Waals surface area (Å²) in [6.07, 6.45) is 4.95. The Bertz CT molecular complexity index is 182. The normalized spacial score (nSPS) is 44.0. The highest BCUT2D eigenvalue weighted by atomic mass is 15.2. The topological polar surface area (TPSA) is 27.0 Å². The van der Waals surface area contributed by atoms with Gasteiger partial charge >= 0.3 is 0 Å². The van der Waals surface area contributed by atoms with E-state index in [1.54, 1.807) is 0 Å². The van der Waals surface area contributed by atoms with Crippen LogP contribution in [-0.2, 0) is 0 Å². The predicted octanol–water partition coefficient (Wildman–Crippen LogP) is 1.20. The molecule has 1 saturated heterocycles. The van der Waals surface area contributed by atoms with Gasteiger partial charge in [-0.1, -0.05) is 0 Å². The van der Waals surface area contributed by atoms with Gasteiger partial charge in [-0.15, -0.1) is 0 Å². The van der Waals surface area contributed by atoms with E-state index in [1.165, 1.54) is 12.8 Å². The molecule has 0 unspecified atom stereocenters. The molecular formula is C8H12N2. The van der Waals surface area contributed by atoms with Gasteiger partial charge in [-0.2, -0.15) is 5.26 Å². The SMILES string of the molecule is C[C@@H]1[C@@H]2CC[C@H]2CN1C#N. The molecule has 0 aromatic heterocycles. The fraction of sp³-hybridized carbons (Fsp3) is 0.875. The molecular weight excluding hydrogens is 124 g/mol. The van der Waals surface area contributed by atoms with Crippen LogP contribution in [0.2, 0.25) is 0 Å². The predicted molar refractivity (Wildman–Crippen MR) is 38.0 cm³/mol. The molecule has 3 atom stereocenters. The Hall–Kier alpha value is -0.710. The molecule has 0 radical (unpaired) electrons. The van der Waals surface area contributed by atoms with E-state index in [-0.39, 0.29) is 0 Å².